The Kier molecular flexibility index (Phi) is 32.1. The number of unbranched alkanes of at least 4 members (excludes halogenated alkanes) is 18. The third-order valence-corrected chi connectivity index (χ3v) is 11.5. The third-order valence-electron chi connectivity index (χ3n) is 10.5. The number of allylic oxidation sites excluding steroid dienone is 5. The van der Waals surface area contributed by atoms with Crippen LogP contribution in [0.2, 0.25) is 0 Å². The molecule has 0 spiro atoms. The van der Waals surface area contributed by atoms with Crippen LogP contribution in [0.1, 0.15) is 155 Å². The second-order valence-electron chi connectivity index (χ2n) is 17.2. The minimum Gasteiger partial charge on any atom is -0.387 e. The van der Waals surface area contributed by atoms with Crippen LogP contribution in [0.5, 0.6) is 0 Å². The van der Waals surface area contributed by atoms with Crippen molar-refractivity contribution in [1.29, 1.82) is 0 Å². The molecule has 0 aliphatic carbocycles. The zero-order valence-electron chi connectivity index (χ0n) is 37.5. The highest BCUT2D eigenvalue weighted by Gasteiger charge is 2.45. The van der Waals surface area contributed by atoms with E-state index in [4.69, 9.17) is 18.5 Å². The number of aliphatic hydroxyl groups excluding tert-OH is 4. The summed E-state index contributed by atoms with van der Waals surface area (Å²) in [6.45, 7) is 3.89. The van der Waals surface area contributed by atoms with E-state index in [1.54, 1.807) is 6.08 Å². The van der Waals surface area contributed by atoms with Crippen LogP contribution in [0.3, 0.4) is 0 Å². The molecule has 0 saturated carbocycles. The highest BCUT2D eigenvalue weighted by molar-refractivity contribution is 7.47. The van der Waals surface area contributed by atoms with Crippen molar-refractivity contribution in [1.82, 2.24) is 5.32 Å². The summed E-state index contributed by atoms with van der Waals surface area (Å²) in [7, 11) is 1.16. The molecule has 1 heterocycles. The number of quaternary nitrogens is 1. The van der Waals surface area contributed by atoms with Crippen molar-refractivity contribution in [2.45, 2.75) is 198 Å². The minimum atomic E-state index is -4.52. The molecule has 1 saturated heterocycles. The van der Waals surface area contributed by atoms with E-state index < -0.39 is 57.3 Å². The monoisotopic (exact) mass is 862 g/mol. The third kappa shape index (κ3) is 29.5. The second-order valence-corrected chi connectivity index (χ2v) is 18.6. The van der Waals surface area contributed by atoms with E-state index in [1.807, 2.05) is 33.3 Å². The van der Waals surface area contributed by atoms with Crippen LogP contribution < -0.4 is 5.32 Å². The molecule has 0 aromatic rings. The summed E-state index contributed by atoms with van der Waals surface area (Å²) in [4.78, 5) is 23.2. The van der Waals surface area contributed by atoms with Crippen LogP contribution >= 0.6 is 7.82 Å². The number of phosphoric ester groups is 1. The van der Waals surface area contributed by atoms with Gasteiger partial charge in [-0.3, -0.25) is 13.8 Å². The van der Waals surface area contributed by atoms with Gasteiger partial charge >= 0.3 is 7.82 Å². The Morgan fingerprint density at radius 3 is 1.83 bits per heavy atom. The van der Waals surface area contributed by atoms with E-state index >= 15 is 0 Å². The first-order chi connectivity index (χ1) is 28.2. The Balaban J connectivity index is 2.73. The molecule has 1 amide bonds. The number of nitrogens with zero attached hydrogens (tertiary/aromatic N) is 1. The Hall–Kier alpha value is -1.48. The predicted molar refractivity (Wildman–Crippen MR) is 236 cm³/mol. The van der Waals surface area contributed by atoms with Gasteiger partial charge in [0.25, 0.3) is 0 Å². The highest BCUT2D eigenvalue weighted by Crippen LogP contribution is 2.43. The molecule has 14 heteroatoms. The molecule has 0 aromatic heterocycles. The fraction of sp³-hybridized carbons (Fsp3) is 0.844. The summed E-state index contributed by atoms with van der Waals surface area (Å²) in [6.07, 6.45) is 27.3. The summed E-state index contributed by atoms with van der Waals surface area (Å²) < 4.78 is 34.5. The predicted octanol–water partition coefficient (Wildman–Crippen LogP) is 7.79. The largest absolute Gasteiger partial charge is 0.472 e. The Morgan fingerprint density at radius 2 is 1.25 bits per heavy atom. The maximum atomic E-state index is 13.1. The molecule has 1 aliphatic heterocycles. The number of likely N-dealkylation sites (N-methyl/N-ethyl adjacent to an activating group) is 1. The van der Waals surface area contributed by atoms with Gasteiger partial charge in [0.15, 0.2) is 6.29 Å². The summed E-state index contributed by atoms with van der Waals surface area (Å²) in [5.41, 5.74) is 0. The molecular formula is C45H86N2O11P+. The number of carbonyl (C=O) groups is 1. The standard InChI is InChI=1S/C45H85N2O11P/c1-6-8-10-12-14-16-18-20-22-24-26-28-30-32-39(48)38(46-41(49)33-31-29-27-25-23-21-19-17-15-13-11-9-7-2)36-55-45-44(52)43(51)42(50)40(58-45)37-57-59(53,54)56-35-34-47(3,4)5/h18,20,22,24,30,32,38-40,42-45,48,50-52H,6-17,19,21,23,25-29,31,33-37H2,1-5H3,(H-,46,49,53,54)/p+1/b20-18+,24-22+,32-30+/t38-,39-,40+,42-,43-,44+,45+/m0/s1. The number of phosphoric acid groups is 1. The number of hydrogen-bond donors (Lipinski definition) is 6. The lowest BCUT2D eigenvalue weighted by Crippen LogP contribution is -2.60. The number of ether oxygens (including phenoxy) is 2. The molecule has 0 bridgehead atoms. The van der Waals surface area contributed by atoms with Gasteiger partial charge in [0.1, 0.15) is 37.6 Å². The van der Waals surface area contributed by atoms with Crippen molar-refractivity contribution in [3.63, 3.8) is 0 Å². The fourth-order valence-electron chi connectivity index (χ4n) is 6.61. The van der Waals surface area contributed by atoms with Gasteiger partial charge in [-0.2, -0.15) is 0 Å². The van der Waals surface area contributed by atoms with Gasteiger partial charge in [-0.25, -0.2) is 4.57 Å². The summed E-state index contributed by atoms with van der Waals surface area (Å²) in [6, 6.07) is -0.918. The van der Waals surface area contributed by atoms with E-state index in [1.165, 1.54) is 89.9 Å². The number of aliphatic hydroxyl groups is 4. The molecule has 0 aromatic carbocycles. The lowest BCUT2D eigenvalue weighted by molar-refractivity contribution is -0.870. The van der Waals surface area contributed by atoms with E-state index in [-0.39, 0.29) is 25.5 Å². The molecule has 346 valence electrons. The lowest BCUT2D eigenvalue weighted by Gasteiger charge is -2.40. The number of carbonyl (C=O) groups excluding carboxylic acids is 1. The molecule has 6 N–H and O–H groups in total. The topological polar surface area (TPSA) is 184 Å². The first-order valence-corrected chi connectivity index (χ1v) is 24.4. The molecule has 0 radical (unpaired) electrons. The molecule has 1 fully saturated rings. The van der Waals surface area contributed by atoms with Crippen molar-refractivity contribution < 1.29 is 57.7 Å². The van der Waals surface area contributed by atoms with E-state index in [9.17, 15) is 34.7 Å². The normalized spacial score (nSPS) is 22.4. The SMILES string of the molecule is CCCCCCC/C=C/C=C/CC/C=C/[C@H](O)[C@H](CO[C@@H]1O[C@H](COP(=O)(O)OCC[N+](C)(C)C)[C@H](O)[C@H](O)[C@H]1O)NC(=O)CCCCCCCCCCCCCCC. The van der Waals surface area contributed by atoms with Gasteiger partial charge in [-0.15, -0.1) is 0 Å². The van der Waals surface area contributed by atoms with Crippen LogP contribution in [-0.4, -0.2) is 126 Å². The second kappa shape index (κ2) is 34.1. The molecule has 8 atom stereocenters. The number of nitrogens with one attached hydrogen (secondary N) is 1. The fourth-order valence-corrected chi connectivity index (χ4v) is 7.33. The molecule has 1 unspecified atom stereocenters. The lowest BCUT2D eigenvalue weighted by atomic mass is 9.99. The van der Waals surface area contributed by atoms with Crippen molar-refractivity contribution in [3.05, 3.63) is 36.5 Å². The summed E-state index contributed by atoms with van der Waals surface area (Å²) >= 11 is 0. The number of hydrogen-bond acceptors (Lipinski definition) is 10. The van der Waals surface area contributed by atoms with Crippen LogP contribution in [0.25, 0.3) is 0 Å². The van der Waals surface area contributed by atoms with E-state index in [0.29, 0.717) is 23.9 Å². The summed E-state index contributed by atoms with van der Waals surface area (Å²) in [5, 5.41) is 45.9. The van der Waals surface area contributed by atoms with Gasteiger partial charge in [-0.1, -0.05) is 153 Å². The minimum absolute atomic E-state index is 0.0605. The van der Waals surface area contributed by atoms with E-state index in [2.05, 4.69) is 37.4 Å². The van der Waals surface area contributed by atoms with Crippen molar-refractivity contribution in [3.8, 4) is 0 Å². The van der Waals surface area contributed by atoms with Gasteiger partial charge < -0.3 is 44.6 Å². The average molecular weight is 862 g/mol. The maximum absolute atomic E-state index is 13.1. The molecular weight excluding hydrogens is 775 g/mol. The van der Waals surface area contributed by atoms with Gasteiger partial charge in [-0.05, 0) is 32.1 Å². The average Bonchev–Trinajstić information content (AvgIpc) is 3.18. The van der Waals surface area contributed by atoms with Crippen molar-refractivity contribution in [2.24, 2.45) is 0 Å². The maximum Gasteiger partial charge on any atom is 0.472 e. The number of amides is 1. The van der Waals surface area contributed by atoms with Crippen LogP contribution in [0.4, 0.5) is 0 Å². The van der Waals surface area contributed by atoms with Gasteiger partial charge in [0.05, 0.1) is 46.5 Å². The molecule has 1 aliphatic rings. The first-order valence-electron chi connectivity index (χ1n) is 22.9. The highest BCUT2D eigenvalue weighted by atomic mass is 31.2. The van der Waals surface area contributed by atoms with Crippen LogP contribution in [-0.2, 0) is 27.9 Å². The van der Waals surface area contributed by atoms with Crippen molar-refractivity contribution >= 4 is 13.7 Å². The number of rotatable bonds is 37. The van der Waals surface area contributed by atoms with Crippen molar-refractivity contribution in [2.75, 3.05) is 47.5 Å². The Labute approximate surface area is 357 Å². The van der Waals surface area contributed by atoms with Gasteiger partial charge in [0, 0.05) is 6.42 Å². The zero-order chi connectivity index (χ0) is 43.8. The summed E-state index contributed by atoms with van der Waals surface area (Å²) in [5.74, 6) is -0.245. The first kappa shape index (κ1) is 55.5. The van der Waals surface area contributed by atoms with Crippen LogP contribution in [0, 0.1) is 0 Å². The Morgan fingerprint density at radius 1 is 0.729 bits per heavy atom. The quantitative estimate of drug-likeness (QED) is 0.0118. The molecule has 1 rings (SSSR count). The molecule has 13 nitrogen and oxygen atoms in total. The van der Waals surface area contributed by atoms with Crippen LogP contribution in [0.15, 0.2) is 36.5 Å². The van der Waals surface area contributed by atoms with E-state index in [0.717, 1.165) is 32.1 Å². The van der Waals surface area contributed by atoms with Gasteiger partial charge in [0.2, 0.25) is 5.91 Å². The smallest absolute Gasteiger partial charge is 0.387 e. The molecule has 59 heavy (non-hydrogen) atoms. The zero-order valence-corrected chi connectivity index (χ0v) is 38.4. The Bertz CT molecular complexity index is 1180.